The lowest BCUT2D eigenvalue weighted by molar-refractivity contribution is -0.130. The Kier molecular flexibility index (Phi) is 5.26. The molecule has 0 aliphatic carbocycles. The monoisotopic (exact) mass is 324 g/mol. The molecule has 7 heteroatoms. The van der Waals surface area contributed by atoms with Crippen molar-refractivity contribution in [1.29, 1.82) is 0 Å². The third kappa shape index (κ3) is 3.34. The van der Waals surface area contributed by atoms with Gasteiger partial charge in [-0.25, -0.2) is 0 Å². The first-order valence-corrected chi connectivity index (χ1v) is 7.22. The standard InChI is InChI=1S/C15H20N4O2.ClH/c1-11-3-4-13-12(9-11)17-15(21-13)19-7-5-18(6-8-19)14(20)10-16-2;/h3-4,9,16H,5-8,10H2,1-2H3;1H. The second kappa shape index (κ2) is 6.98. The molecule has 3 rings (SSSR count). The van der Waals surface area contributed by atoms with Gasteiger partial charge in [-0.3, -0.25) is 4.79 Å². The summed E-state index contributed by atoms with van der Waals surface area (Å²) in [5, 5.41) is 2.90. The number of fused-ring (bicyclic) bond motifs is 1. The highest BCUT2D eigenvalue weighted by atomic mass is 35.5. The van der Waals surface area contributed by atoms with E-state index in [1.165, 1.54) is 5.56 Å². The second-order valence-electron chi connectivity index (χ2n) is 5.37. The van der Waals surface area contributed by atoms with Crippen LogP contribution in [0.2, 0.25) is 0 Å². The van der Waals surface area contributed by atoms with E-state index in [2.05, 4.69) is 15.2 Å². The molecule has 6 nitrogen and oxygen atoms in total. The molecule has 1 aromatic carbocycles. The van der Waals surface area contributed by atoms with Gasteiger partial charge in [0.2, 0.25) is 5.91 Å². The van der Waals surface area contributed by atoms with Crippen LogP contribution >= 0.6 is 12.4 Å². The Morgan fingerprint density at radius 1 is 1.32 bits per heavy atom. The zero-order valence-corrected chi connectivity index (χ0v) is 13.7. The molecule has 0 spiro atoms. The average Bonchev–Trinajstić information content (AvgIpc) is 2.90. The number of aromatic nitrogens is 1. The van der Waals surface area contributed by atoms with Gasteiger partial charge in [0, 0.05) is 26.2 Å². The number of anilines is 1. The summed E-state index contributed by atoms with van der Waals surface area (Å²) < 4.78 is 5.80. The topological polar surface area (TPSA) is 61.6 Å². The van der Waals surface area contributed by atoms with E-state index in [0.717, 1.165) is 24.2 Å². The summed E-state index contributed by atoms with van der Waals surface area (Å²) in [6.07, 6.45) is 0. The van der Waals surface area contributed by atoms with Crippen LogP contribution < -0.4 is 10.2 Å². The first kappa shape index (κ1) is 16.6. The fraction of sp³-hybridized carbons (Fsp3) is 0.467. The summed E-state index contributed by atoms with van der Waals surface area (Å²) >= 11 is 0. The SMILES string of the molecule is CNCC(=O)N1CCN(c2nc3cc(C)ccc3o2)CC1.Cl. The van der Waals surface area contributed by atoms with Gasteiger partial charge in [0.25, 0.3) is 6.01 Å². The van der Waals surface area contributed by atoms with Gasteiger partial charge in [0.15, 0.2) is 5.58 Å². The fourth-order valence-electron chi connectivity index (χ4n) is 2.57. The summed E-state index contributed by atoms with van der Waals surface area (Å²) in [7, 11) is 1.79. The molecule has 2 aromatic rings. The molecule has 1 aromatic heterocycles. The smallest absolute Gasteiger partial charge is 0.298 e. The van der Waals surface area contributed by atoms with Crippen LogP contribution in [0.4, 0.5) is 6.01 Å². The Labute approximate surface area is 135 Å². The van der Waals surface area contributed by atoms with Crippen LogP contribution in [0.3, 0.4) is 0 Å². The molecule has 1 aliphatic heterocycles. The average molecular weight is 325 g/mol. The summed E-state index contributed by atoms with van der Waals surface area (Å²) in [6.45, 7) is 5.35. The number of oxazole rings is 1. The number of carbonyl (C=O) groups excluding carboxylic acids is 1. The third-order valence-electron chi connectivity index (χ3n) is 3.76. The van der Waals surface area contributed by atoms with Gasteiger partial charge < -0.3 is 19.5 Å². The molecule has 0 radical (unpaired) electrons. The minimum atomic E-state index is 0. The Balaban J connectivity index is 0.00000176. The summed E-state index contributed by atoms with van der Waals surface area (Å²) in [5.74, 6) is 0.144. The number of carbonyl (C=O) groups is 1. The number of benzene rings is 1. The zero-order valence-electron chi connectivity index (χ0n) is 12.8. The van der Waals surface area contributed by atoms with Gasteiger partial charge in [-0.05, 0) is 31.7 Å². The number of aryl methyl sites for hydroxylation is 1. The van der Waals surface area contributed by atoms with Crippen molar-refractivity contribution in [2.75, 3.05) is 44.7 Å². The number of nitrogens with zero attached hydrogens (tertiary/aromatic N) is 3. The van der Waals surface area contributed by atoms with Crippen LogP contribution in [0.15, 0.2) is 22.6 Å². The van der Waals surface area contributed by atoms with Gasteiger partial charge >= 0.3 is 0 Å². The first-order chi connectivity index (χ1) is 10.2. The van der Waals surface area contributed by atoms with Crippen LogP contribution in [-0.4, -0.2) is 55.6 Å². The highest BCUT2D eigenvalue weighted by Crippen LogP contribution is 2.23. The molecule has 1 saturated heterocycles. The van der Waals surface area contributed by atoms with Crippen molar-refractivity contribution in [2.45, 2.75) is 6.92 Å². The largest absolute Gasteiger partial charge is 0.423 e. The lowest BCUT2D eigenvalue weighted by Gasteiger charge is -2.33. The van der Waals surface area contributed by atoms with E-state index in [4.69, 9.17) is 4.42 Å². The minimum Gasteiger partial charge on any atom is -0.423 e. The van der Waals surface area contributed by atoms with Crippen molar-refractivity contribution in [3.63, 3.8) is 0 Å². The lowest BCUT2D eigenvalue weighted by atomic mass is 10.2. The number of piperazine rings is 1. The van der Waals surface area contributed by atoms with Crippen molar-refractivity contribution < 1.29 is 9.21 Å². The summed E-state index contributed by atoms with van der Waals surface area (Å²) in [6, 6.07) is 6.64. The molecule has 22 heavy (non-hydrogen) atoms. The molecular weight excluding hydrogens is 304 g/mol. The Morgan fingerprint density at radius 2 is 2.05 bits per heavy atom. The maximum atomic E-state index is 11.8. The third-order valence-corrected chi connectivity index (χ3v) is 3.76. The van der Waals surface area contributed by atoms with Crippen molar-refractivity contribution >= 4 is 35.4 Å². The van der Waals surface area contributed by atoms with E-state index in [1.54, 1.807) is 7.05 Å². The lowest BCUT2D eigenvalue weighted by Crippen LogP contribution is -2.50. The number of amides is 1. The van der Waals surface area contributed by atoms with Crippen molar-refractivity contribution in [3.05, 3.63) is 23.8 Å². The molecular formula is C15H21ClN4O2. The van der Waals surface area contributed by atoms with Crippen LogP contribution in [0.25, 0.3) is 11.1 Å². The van der Waals surface area contributed by atoms with E-state index in [-0.39, 0.29) is 18.3 Å². The molecule has 1 amide bonds. The Bertz CT molecular complexity index is 650. The van der Waals surface area contributed by atoms with E-state index < -0.39 is 0 Å². The van der Waals surface area contributed by atoms with Gasteiger partial charge in [0.05, 0.1) is 6.54 Å². The number of hydrogen-bond donors (Lipinski definition) is 1. The van der Waals surface area contributed by atoms with Crippen LogP contribution in [0.1, 0.15) is 5.56 Å². The molecule has 0 bridgehead atoms. The molecule has 0 unspecified atom stereocenters. The second-order valence-corrected chi connectivity index (χ2v) is 5.37. The number of rotatable bonds is 3. The highest BCUT2D eigenvalue weighted by molar-refractivity contribution is 5.85. The van der Waals surface area contributed by atoms with Crippen LogP contribution in [0.5, 0.6) is 0 Å². The Morgan fingerprint density at radius 3 is 2.73 bits per heavy atom. The molecule has 1 aliphatic rings. The molecule has 1 N–H and O–H groups in total. The maximum Gasteiger partial charge on any atom is 0.298 e. The maximum absolute atomic E-state index is 11.8. The van der Waals surface area contributed by atoms with Crippen molar-refractivity contribution in [1.82, 2.24) is 15.2 Å². The molecule has 2 heterocycles. The van der Waals surface area contributed by atoms with E-state index in [1.807, 2.05) is 30.0 Å². The molecule has 0 atom stereocenters. The van der Waals surface area contributed by atoms with Crippen LogP contribution in [-0.2, 0) is 4.79 Å². The van der Waals surface area contributed by atoms with E-state index >= 15 is 0 Å². The first-order valence-electron chi connectivity index (χ1n) is 7.22. The van der Waals surface area contributed by atoms with Crippen molar-refractivity contribution in [3.8, 4) is 0 Å². The molecule has 0 saturated carbocycles. The molecule has 1 fully saturated rings. The zero-order chi connectivity index (χ0) is 14.8. The van der Waals surface area contributed by atoms with Gasteiger partial charge in [-0.1, -0.05) is 6.07 Å². The van der Waals surface area contributed by atoms with E-state index in [0.29, 0.717) is 25.6 Å². The molecule has 120 valence electrons. The highest BCUT2D eigenvalue weighted by Gasteiger charge is 2.23. The predicted octanol–water partition coefficient (Wildman–Crippen LogP) is 1.43. The summed E-state index contributed by atoms with van der Waals surface area (Å²) in [5.41, 5.74) is 2.87. The van der Waals surface area contributed by atoms with Gasteiger partial charge in [-0.2, -0.15) is 4.98 Å². The van der Waals surface area contributed by atoms with Gasteiger partial charge in [0.1, 0.15) is 5.52 Å². The van der Waals surface area contributed by atoms with Crippen molar-refractivity contribution in [2.24, 2.45) is 0 Å². The van der Waals surface area contributed by atoms with E-state index in [9.17, 15) is 4.79 Å². The van der Waals surface area contributed by atoms with Gasteiger partial charge in [-0.15, -0.1) is 12.4 Å². The number of hydrogen-bond acceptors (Lipinski definition) is 5. The Hall–Kier alpha value is -1.79. The fourth-order valence-corrected chi connectivity index (χ4v) is 2.57. The quantitative estimate of drug-likeness (QED) is 0.925. The predicted molar refractivity (Wildman–Crippen MR) is 88.7 cm³/mol. The number of nitrogens with one attached hydrogen (secondary N) is 1. The normalized spacial score (nSPS) is 15.0. The number of halogens is 1. The summed E-state index contributed by atoms with van der Waals surface area (Å²) in [4.78, 5) is 20.3. The van der Waals surface area contributed by atoms with Crippen LogP contribution in [0, 0.1) is 6.92 Å². The minimum absolute atomic E-state index is 0. The number of likely N-dealkylation sites (N-methyl/N-ethyl adjacent to an activating group) is 1.